The van der Waals surface area contributed by atoms with Crippen LogP contribution in [-0.4, -0.2) is 22.9 Å². The molecule has 1 aromatic rings. The molecule has 2 saturated heterocycles. The molecular formula is C19H23NO. The lowest BCUT2D eigenvalue weighted by atomic mass is 9.94. The minimum Gasteiger partial charge on any atom is -0.332 e. The highest BCUT2D eigenvalue weighted by molar-refractivity contribution is 5.95. The lowest BCUT2D eigenvalue weighted by Gasteiger charge is -2.36. The zero-order valence-electron chi connectivity index (χ0n) is 13.0. The fraction of sp³-hybridized carbons (Fsp3) is 0.526. The first-order valence-electron chi connectivity index (χ1n) is 8.22. The third-order valence-electron chi connectivity index (χ3n) is 5.29. The molecule has 0 N–H and O–H groups in total. The van der Waals surface area contributed by atoms with Crippen LogP contribution in [0.15, 0.2) is 29.3 Å². The van der Waals surface area contributed by atoms with Crippen LogP contribution in [0.3, 0.4) is 0 Å². The average molecular weight is 281 g/mol. The van der Waals surface area contributed by atoms with Gasteiger partial charge < -0.3 is 4.90 Å². The number of carbonyl (C=O) groups is 1. The van der Waals surface area contributed by atoms with Crippen LogP contribution in [0.5, 0.6) is 0 Å². The van der Waals surface area contributed by atoms with Crippen molar-refractivity contribution in [1.29, 1.82) is 0 Å². The van der Waals surface area contributed by atoms with E-state index >= 15 is 0 Å². The fourth-order valence-electron chi connectivity index (χ4n) is 4.30. The molecule has 4 rings (SSSR count). The summed E-state index contributed by atoms with van der Waals surface area (Å²) in [6, 6.07) is 7.14. The van der Waals surface area contributed by atoms with Crippen LogP contribution in [0, 0.1) is 13.8 Å². The molecular weight excluding hydrogens is 258 g/mol. The molecule has 0 aromatic heterocycles. The molecule has 0 radical (unpaired) electrons. The van der Waals surface area contributed by atoms with Crippen LogP contribution in [0.2, 0.25) is 0 Å². The van der Waals surface area contributed by atoms with Gasteiger partial charge in [-0.1, -0.05) is 28.3 Å². The Morgan fingerprint density at radius 1 is 0.952 bits per heavy atom. The zero-order valence-corrected chi connectivity index (χ0v) is 13.0. The van der Waals surface area contributed by atoms with Crippen LogP contribution in [0.25, 0.3) is 0 Å². The summed E-state index contributed by atoms with van der Waals surface area (Å²) < 4.78 is 0. The molecule has 1 aliphatic carbocycles. The molecule has 2 atom stereocenters. The van der Waals surface area contributed by atoms with E-state index in [4.69, 9.17) is 0 Å². The second-order valence-corrected chi connectivity index (χ2v) is 7.09. The monoisotopic (exact) mass is 281 g/mol. The van der Waals surface area contributed by atoms with Crippen molar-refractivity contribution in [3.05, 3.63) is 46.0 Å². The number of fused-ring (bicyclic) bond motifs is 2. The summed E-state index contributed by atoms with van der Waals surface area (Å²) in [6.07, 6.45) is 7.31. The SMILES string of the molecule is Cc1cc(C)cc(C(=O)N2C3CCC2CC(=C2CC2)C3)c1. The van der Waals surface area contributed by atoms with Gasteiger partial charge in [0.05, 0.1) is 0 Å². The smallest absolute Gasteiger partial charge is 0.254 e. The third kappa shape index (κ3) is 2.31. The van der Waals surface area contributed by atoms with Gasteiger partial charge in [-0.15, -0.1) is 0 Å². The Labute approximate surface area is 126 Å². The lowest BCUT2D eigenvalue weighted by Crippen LogP contribution is -2.44. The van der Waals surface area contributed by atoms with Crippen LogP contribution in [0.1, 0.15) is 60.0 Å². The highest BCUT2D eigenvalue weighted by Gasteiger charge is 2.42. The van der Waals surface area contributed by atoms with Crippen LogP contribution in [-0.2, 0) is 0 Å². The minimum absolute atomic E-state index is 0.258. The molecule has 1 aromatic carbocycles. The summed E-state index contributed by atoms with van der Waals surface area (Å²) in [5.41, 5.74) is 6.64. The summed E-state index contributed by atoms with van der Waals surface area (Å²) in [7, 11) is 0. The summed E-state index contributed by atoms with van der Waals surface area (Å²) >= 11 is 0. The molecule has 3 aliphatic rings. The largest absolute Gasteiger partial charge is 0.332 e. The van der Waals surface area contributed by atoms with E-state index in [-0.39, 0.29) is 5.91 Å². The highest BCUT2D eigenvalue weighted by atomic mass is 16.2. The van der Waals surface area contributed by atoms with Crippen molar-refractivity contribution in [2.24, 2.45) is 0 Å². The van der Waals surface area contributed by atoms with Gasteiger partial charge in [0.15, 0.2) is 0 Å². The number of rotatable bonds is 1. The first kappa shape index (κ1) is 13.1. The van der Waals surface area contributed by atoms with Crippen LogP contribution >= 0.6 is 0 Å². The molecule has 110 valence electrons. The van der Waals surface area contributed by atoms with Crippen molar-refractivity contribution in [3.8, 4) is 0 Å². The van der Waals surface area contributed by atoms with Crippen molar-refractivity contribution >= 4 is 5.91 Å². The van der Waals surface area contributed by atoms with Gasteiger partial charge in [-0.3, -0.25) is 4.79 Å². The van der Waals surface area contributed by atoms with Crippen molar-refractivity contribution in [2.45, 2.75) is 64.5 Å². The Balaban J connectivity index is 1.62. The molecule has 2 heterocycles. The molecule has 2 unspecified atom stereocenters. The number of piperidine rings is 1. The van der Waals surface area contributed by atoms with Gasteiger partial charge in [0.2, 0.25) is 0 Å². The average Bonchev–Trinajstić information content (AvgIpc) is 3.23. The second kappa shape index (κ2) is 4.72. The molecule has 1 amide bonds. The number of nitrogens with zero attached hydrogens (tertiary/aromatic N) is 1. The molecule has 2 heteroatoms. The maximum atomic E-state index is 13.0. The number of amides is 1. The maximum Gasteiger partial charge on any atom is 0.254 e. The van der Waals surface area contributed by atoms with Crippen molar-refractivity contribution in [3.63, 3.8) is 0 Å². The number of benzene rings is 1. The zero-order chi connectivity index (χ0) is 14.6. The maximum absolute atomic E-state index is 13.0. The summed E-state index contributed by atoms with van der Waals surface area (Å²) in [5, 5.41) is 0. The Morgan fingerprint density at radius 3 is 2.05 bits per heavy atom. The summed E-state index contributed by atoms with van der Waals surface area (Å²) in [6.45, 7) is 4.15. The third-order valence-corrected chi connectivity index (χ3v) is 5.29. The van der Waals surface area contributed by atoms with Gasteiger partial charge in [0.1, 0.15) is 0 Å². The van der Waals surface area contributed by atoms with Gasteiger partial charge in [0, 0.05) is 17.6 Å². The fourth-order valence-corrected chi connectivity index (χ4v) is 4.30. The minimum atomic E-state index is 0.258. The number of hydrogen-bond acceptors (Lipinski definition) is 1. The number of aryl methyl sites for hydroxylation is 2. The molecule has 3 fully saturated rings. The van der Waals surface area contributed by atoms with E-state index in [9.17, 15) is 4.79 Å². The molecule has 1 saturated carbocycles. The van der Waals surface area contributed by atoms with Crippen molar-refractivity contribution in [1.82, 2.24) is 4.90 Å². The Hall–Kier alpha value is -1.57. The molecule has 21 heavy (non-hydrogen) atoms. The van der Waals surface area contributed by atoms with E-state index < -0.39 is 0 Å². The van der Waals surface area contributed by atoms with Gasteiger partial charge >= 0.3 is 0 Å². The van der Waals surface area contributed by atoms with E-state index in [1.807, 2.05) is 12.1 Å². The standard InChI is InChI=1S/C19H23NO/c1-12-7-13(2)9-16(8-12)19(21)20-17-5-6-18(20)11-15(10-17)14-3-4-14/h7-9,17-18H,3-6,10-11H2,1-2H3. The molecule has 2 bridgehead atoms. The number of allylic oxidation sites excluding steroid dienone is 1. The van der Waals surface area contributed by atoms with E-state index in [0.717, 1.165) is 18.4 Å². The molecule has 2 aliphatic heterocycles. The molecule has 2 nitrogen and oxygen atoms in total. The predicted octanol–water partition coefficient (Wildman–Crippen LogP) is 4.16. The van der Waals surface area contributed by atoms with E-state index in [1.54, 1.807) is 11.1 Å². The Bertz CT molecular complexity index is 601. The van der Waals surface area contributed by atoms with Gasteiger partial charge in [-0.05, 0) is 64.5 Å². The molecule has 0 spiro atoms. The van der Waals surface area contributed by atoms with Crippen molar-refractivity contribution in [2.75, 3.05) is 0 Å². The van der Waals surface area contributed by atoms with Crippen LogP contribution < -0.4 is 0 Å². The summed E-state index contributed by atoms with van der Waals surface area (Å²) in [4.78, 5) is 15.2. The van der Waals surface area contributed by atoms with Crippen molar-refractivity contribution < 1.29 is 4.79 Å². The van der Waals surface area contributed by atoms with E-state index in [1.165, 1.54) is 36.8 Å². The predicted molar refractivity (Wildman–Crippen MR) is 84.4 cm³/mol. The Morgan fingerprint density at radius 2 is 1.52 bits per heavy atom. The summed E-state index contributed by atoms with van der Waals surface area (Å²) in [5.74, 6) is 0.258. The van der Waals surface area contributed by atoms with E-state index in [2.05, 4.69) is 24.8 Å². The normalized spacial score (nSPS) is 27.2. The number of carbonyl (C=O) groups excluding carboxylic acids is 1. The topological polar surface area (TPSA) is 20.3 Å². The highest BCUT2D eigenvalue weighted by Crippen LogP contribution is 2.45. The van der Waals surface area contributed by atoms with Gasteiger partial charge in [-0.25, -0.2) is 0 Å². The first-order chi connectivity index (χ1) is 10.1. The second-order valence-electron chi connectivity index (χ2n) is 7.09. The van der Waals surface area contributed by atoms with Gasteiger partial charge in [-0.2, -0.15) is 0 Å². The first-order valence-corrected chi connectivity index (χ1v) is 8.22. The van der Waals surface area contributed by atoms with Crippen LogP contribution in [0.4, 0.5) is 0 Å². The Kier molecular flexibility index (Phi) is 2.95. The lowest BCUT2D eigenvalue weighted by molar-refractivity contribution is 0.0634. The number of hydrogen-bond donors (Lipinski definition) is 0. The van der Waals surface area contributed by atoms with Gasteiger partial charge in [0.25, 0.3) is 5.91 Å². The van der Waals surface area contributed by atoms with E-state index in [0.29, 0.717) is 12.1 Å². The quantitative estimate of drug-likeness (QED) is 0.708.